The summed E-state index contributed by atoms with van der Waals surface area (Å²) in [6.45, 7) is 0.220. The normalized spacial score (nSPS) is 17.5. The van der Waals surface area contributed by atoms with Gasteiger partial charge in [0, 0.05) is 17.2 Å². The number of fused-ring (bicyclic) bond motifs is 5. The topological polar surface area (TPSA) is 104 Å². The molecule has 0 aliphatic carbocycles. The van der Waals surface area contributed by atoms with Crippen LogP contribution >= 0.6 is 0 Å². The monoisotopic (exact) mass is 351 g/mol. The highest BCUT2D eigenvalue weighted by molar-refractivity contribution is 5.83. The highest BCUT2D eigenvalue weighted by Gasteiger charge is 2.33. The summed E-state index contributed by atoms with van der Waals surface area (Å²) in [6.07, 6.45) is -1.45. The molecule has 0 amide bonds. The Balaban J connectivity index is 1.75. The molecule has 5 heterocycles. The molecule has 26 heavy (non-hydrogen) atoms. The van der Waals surface area contributed by atoms with Crippen molar-refractivity contribution in [1.29, 1.82) is 0 Å². The van der Waals surface area contributed by atoms with Gasteiger partial charge in [-0.05, 0) is 18.2 Å². The predicted octanol–water partition coefficient (Wildman–Crippen LogP) is 0.919. The summed E-state index contributed by atoms with van der Waals surface area (Å²) in [7, 11) is 1.55. The Bertz CT molecular complexity index is 1170. The van der Waals surface area contributed by atoms with E-state index in [0.717, 1.165) is 5.56 Å². The first-order valence-electron chi connectivity index (χ1n) is 8.03. The van der Waals surface area contributed by atoms with Crippen LogP contribution in [0.1, 0.15) is 22.8 Å². The number of nitrogens with zero attached hydrogens (tertiary/aromatic N) is 3. The van der Waals surface area contributed by atoms with Gasteiger partial charge in [-0.3, -0.25) is 4.79 Å². The van der Waals surface area contributed by atoms with Crippen molar-refractivity contribution in [3.8, 4) is 17.3 Å². The molecule has 0 saturated heterocycles. The van der Waals surface area contributed by atoms with Crippen LogP contribution in [0.2, 0.25) is 0 Å². The SMILES string of the molecule is COc1ccc2nc3c(cc2n1)Cn1c-3cc2c(c1=O)COC(=O)C2O. The first kappa shape index (κ1) is 15.0. The van der Waals surface area contributed by atoms with Gasteiger partial charge in [-0.15, -0.1) is 0 Å². The van der Waals surface area contributed by atoms with E-state index in [0.29, 0.717) is 46.0 Å². The maximum absolute atomic E-state index is 12.8. The number of carbonyl (C=O) groups excluding carboxylic acids is 1. The molecule has 3 aromatic rings. The second-order valence-electron chi connectivity index (χ2n) is 6.25. The van der Waals surface area contributed by atoms with E-state index in [-0.39, 0.29) is 12.2 Å². The number of esters is 1. The standard InChI is InChI=1S/C18H13N3O5/c1-25-14-3-2-11-12(19-14)4-8-6-21-13(15(8)20-11)5-9-10(17(21)23)7-26-18(24)16(9)22/h2-5,16,22H,6-7H2,1H3. The first-order valence-corrected chi connectivity index (χ1v) is 8.03. The second-order valence-corrected chi connectivity index (χ2v) is 6.25. The molecular formula is C18H13N3O5. The van der Waals surface area contributed by atoms with Crippen molar-refractivity contribution in [2.24, 2.45) is 0 Å². The molecule has 0 radical (unpaired) electrons. The second kappa shape index (κ2) is 5.12. The van der Waals surface area contributed by atoms with Gasteiger partial charge in [0.15, 0.2) is 6.10 Å². The quantitative estimate of drug-likeness (QED) is 0.509. The number of pyridine rings is 3. The number of aliphatic hydroxyl groups excluding tert-OH is 1. The number of cyclic esters (lactones) is 1. The van der Waals surface area contributed by atoms with Gasteiger partial charge in [-0.25, -0.2) is 14.8 Å². The van der Waals surface area contributed by atoms with E-state index in [4.69, 9.17) is 9.47 Å². The van der Waals surface area contributed by atoms with E-state index in [9.17, 15) is 14.7 Å². The van der Waals surface area contributed by atoms with Crippen molar-refractivity contribution in [2.75, 3.05) is 7.11 Å². The molecule has 1 atom stereocenters. The molecule has 130 valence electrons. The van der Waals surface area contributed by atoms with Crippen LogP contribution in [0.15, 0.2) is 29.1 Å². The predicted molar refractivity (Wildman–Crippen MR) is 89.6 cm³/mol. The Morgan fingerprint density at radius 2 is 2.08 bits per heavy atom. The van der Waals surface area contributed by atoms with Crippen molar-refractivity contribution in [3.63, 3.8) is 0 Å². The average molecular weight is 351 g/mol. The molecule has 8 heteroatoms. The number of hydrogen-bond acceptors (Lipinski definition) is 7. The summed E-state index contributed by atoms with van der Waals surface area (Å²) in [6, 6.07) is 7.05. The largest absolute Gasteiger partial charge is 0.481 e. The van der Waals surface area contributed by atoms with Crippen LogP contribution in [-0.4, -0.2) is 32.7 Å². The minimum Gasteiger partial charge on any atom is -0.481 e. The van der Waals surface area contributed by atoms with Crippen LogP contribution in [0, 0.1) is 0 Å². The van der Waals surface area contributed by atoms with Gasteiger partial charge >= 0.3 is 5.97 Å². The third-order valence-electron chi connectivity index (χ3n) is 4.82. The van der Waals surface area contributed by atoms with Crippen LogP contribution < -0.4 is 10.3 Å². The number of ether oxygens (including phenoxy) is 2. The van der Waals surface area contributed by atoms with Crippen molar-refractivity contribution in [1.82, 2.24) is 14.5 Å². The first-order chi connectivity index (χ1) is 12.6. The van der Waals surface area contributed by atoms with Crippen molar-refractivity contribution >= 4 is 17.0 Å². The minimum atomic E-state index is -1.45. The maximum atomic E-state index is 12.8. The Morgan fingerprint density at radius 3 is 2.88 bits per heavy atom. The van der Waals surface area contributed by atoms with Gasteiger partial charge in [0.1, 0.15) is 6.61 Å². The van der Waals surface area contributed by atoms with Crippen molar-refractivity contribution in [2.45, 2.75) is 19.3 Å². The van der Waals surface area contributed by atoms with Crippen LogP contribution in [0.5, 0.6) is 5.88 Å². The lowest BCUT2D eigenvalue weighted by Crippen LogP contribution is -2.32. The summed E-state index contributed by atoms with van der Waals surface area (Å²) in [5, 5.41) is 10.1. The van der Waals surface area contributed by atoms with E-state index >= 15 is 0 Å². The Morgan fingerprint density at radius 1 is 1.23 bits per heavy atom. The van der Waals surface area contributed by atoms with Crippen molar-refractivity contribution < 1.29 is 19.4 Å². The lowest BCUT2D eigenvalue weighted by atomic mass is 10.0. The fraction of sp³-hybridized carbons (Fsp3) is 0.222. The van der Waals surface area contributed by atoms with Gasteiger partial charge in [-0.2, -0.15) is 0 Å². The smallest absolute Gasteiger partial charge is 0.340 e. The fourth-order valence-electron chi connectivity index (χ4n) is 3.50. The molecule has 1 N–H and O–H groups in total. The Kier molecular flexibility index (Phi) is 2.96. The van der Waals surface area contributed by atoms with E-state index in [2.05, 4.69) is 9.97 Å². The highest BCUT2D eigenvalue weighted by atomic mass is 16.5. The molecule has 0 spiro atoms. The fourth-order valence-corrected chi connectivity index (χ4v) is 3.50. The third kappa shape index (κ3) is 1.93. The zero-order chi connectivity index (χ0) is 18.0. The molecule has 5 rings (SSSR count). The summed E-state index contributed by atoms with van der Waals surface area (Å²) in [5.74, 6) is -0.260. The minimum absolute atomic E-state index is 0.130. The van der Waals surface area contributed by atoms with Crippen LogP contribution in [0.4, 0.5) is 0 Å². The molecule has 2 aliphatic heterocycles. The number of hydrogen-bond donors (Lipinski definition) is 1. The molecule has 0 fully saturated rings. The lowest BCUT2D eigenvalue weighted by molar-refractivity contribution is -0.157. The van der Waals surface area contributed by atoms with Gasteiger partial charge in [0.25, 0.3) is 5.56 Å². The average Bonchev–Trinajstić information content (AvgIpc) is 3.01. The maximum Gasteiger partial charge on any atom is 0.340 e. The molecule has 1 unspecified atom stereocenters. The van der Waals surface area contributed by atoms with Gasteiger partial charge < -0.3 is 19.1 Å². The highest BCUT2D eigenvalue weighted by Crippen LogP contribution is 2.35. The van der Waals surface area contributed by atoms with E-state index in [1.165, 1.54) is 0 Å². The van der Waals surface area contributed by atoms with Crippen molar-refractivity contribution in [3.05, 3.63) is 51.3 Å². The van der Waals surface area contributed by atoms with E-state index in [1.807, 2.05) is 6.07 Å². The number of aliphatic hydroxyl groups is 1. The van der Waals surface area contributed by atoms with Crippen LogP contribution in [-0.2, 0) is 22.7 Å². The lowest BCUT2D eigenvalue weighted by Gasteiger charge is -2.21. The zero-order valence-corrected chi connectivity index (χ0v) is 13.7. The Hall–Kier alpha value is -3.26. The molecule has 0 bridgehead atoms. The van der Waals surface area contributed by atoms with Gasteiger partial charge in [0.2, 0.25) is 5.88 Å². The number of methoxy groups -OCH3 is 1. The summed E-state index contributed by atoms with van der Waals surface area (Å²) < 4.78 is 11.6. The number of carbonyl (C=O) groups is 1. The zero-order valence-electron chi connectivity index (χ0n) is 13.7. The number of rotatable bonds is 1. The molecule has 0 aromatic carbocycles. The Labute approximate surface area is 146 Å². The summed E-state index contributed by atoms with van der Waals surface area (Å²) in [5.41, 5.74) is 3.73. The van der Waals surface area contributed by atoms with Crippen LogP contribution in [0.25, 0.3) is 22.4 Å². The van der Waals surface area contributed by atoms with Crippen LogP contribution in [0.3, 0.4) is 0 Å². The van der Waals surface area contributed by atoms with E-state index < -0.39 is 12.1 Å². The molecule has 2 aliphatic rings. The molecular weight excluding hydrogens is 338 g/mol. The number of aromatic nitrogens is 3. The molecule has 3 aromatic heterocycles. The van der Waals surface area contributed by atoms with Gasteiger partial charge in [0.05, 0.1) is 41.6 Å². The van der Waals surface area contributed by atoms with Gasteiger partial charge in [-0.1, -0.05) is 0 Å². The third-order valence-corrected chi connectivity index (χ3v) is 4.82. The summed E-state index contributed by atoms with van der Waals surface area (Å²) in [4.78, 5) is 33.5. The summed E-state index contributed by atoms with van der Waals surface area (Å²) >= 11 is 0. The molecule has 0 saturated carbocycles. The van der Waals surface area contributed by atoms with E-state index in [1.54, 1.807) is 29.9 Å². The molecule has 8 nitrogen and oxygen atoms in total.